The number of aromatic nitrogens is 1. The molecule has 0 atom stereocenters. The van der Waals surface area contributed by atoms with Gasteiger partial charge in [-0.3, -0.25) is 0 Å². The molecule has 0 aliphatic carbocycles. The molecule has 2 aromatic rings. The molecule has 0 radical (unpaired) electrons. The number of terminal acetylenes is 1. The second-order valence-corrected chi connectivity index (χ2v) is 6.62. The van der Waals surface area contributed by atoms with Gasteiger partial charge in [0.25, 0.3) is 0 Å². The summed E-state index contributed by atoms with van der Waals surface area (Å²) in [4.78, 5) is 4.56. The Kier molecular flexibility index (Phi) is 6.50. The Morgan fingerprint density at radius 1 is 1.10 bits per heavy atom. The van der Waals surface area contributed by atoms with E-state index in [9.17, 15) is 0 Å². The minimum atomic E-state index is 0.923. The lowest BCUT2D eigenvalue weighted by molar-refractivity contribution is 0.607. The minimum absolute atomic E-state index is 0.923. The van der Waals surface area contributed by atoms with Crippen LogP contribution < -0.4 is 0 Å². The summed E-state index contributed by atoms with van der Waals surface area (Å²) in [6, 6.07) is 8.54. The highest BCUT2D eigenvalue weighted by Crippen LogP contribution is 2.21. The number of nitrogens with zero attached hydrogens (tertiary/aromatic N) is 1. The maximum absolute atomic E-state index is 5.65. The van der Waals surface area contributed by atoms with Crippen molar-refractivity contribution in [1.82, 2.24) is 4.98 Å². The van der Waals surface area contributed by atoms with Gasteiger partial charge in [0.1, 0.15) is 3.70 Å². The predicted octanol–water partition coefficient (Wildman–Crippen LogP) is 5.72. The molecule has 2 rings (SSSR count). The number of unbranched alkanes of at least 4 members (excludes halogenated alkanes) is 5. The van der Waals surface area contributed by atoms with Gasteiger partial charge < -0.3 is 0 Å². The number of hydrogen-bond acceptors (Lipinski definition) is 1. The highest BCUT2D eigenvalue weighted by molar-refractivity contribution is 14.1. The summed E-state index contributed by atoms with van der Waals surface area (Å²) >= 11 is 2.23. The number of hydrogen-bond donors (Lipinski definition) is 0. The number of rotatable bonds is 7. The standard InChI is InChI=1S/C19H22IN/c1-3-5-6-7-8-9-10-15-13-16(4-2)19-17(14-15)11-12-18(20)21-19/h2,11-14H,3,5-10H2,1H3. The van der Waals surface area contributed by atoms with Crippen LogP contribution in [0.4, 0.5) is 0 Å². The van der Waals surface area contributed by atoms with Crippen molar-refractivity contribution in [3.05, 3.63) is 39.1 Å². The van der Waals surface area contributed by atoms with E-state index in [0.29, 0.717) is 0 Å². The molecule has 0 saturated heterocycles. The molecule has 0 aliphatic rings. The maximum atomic E-state index is 5.65. The van der Waals surface area contributed by atoms with Crippen LogP contribution in [0.25, 0.3) is 10.9 Å². The van der Waals surface area contributed by atoms with E-state index in [1.807, 2.05) is 6.07 Å². The zero-order chi connectivity index (χ0) is 15.1. The molecule has 0 saturated carbocycles. The first kappa shape index (κ1) is 16.3. The van der Waals surface area contributed by atoms with Gasteiger partial charge >= 0.3 is 0 Å². The molecule has 110 valence electrons. The molecule has 1 nitrogen and oxygen atoms in total. The molecule has 0 unspecified atom stereocenters. The van der Waals surface area contributed by atoms with Crippen LogP contribution >= 0.6 is 22.6 Å². The van der Waals surface area contributed by atoms with Crippen molar-refractivity contribution in [2.24, 2.45) is 0 Å². The molecule has 0 aliphatic heterocycles. The number of halogens is 1. The second kappa shape index (κ2) is 8.38. The molecule has 1 aromatic carbocycles. The first-order valence-electron chi connectivity index (χ1n) is 7.80. The lowest BCUT2D eigenvalue weighted by atomic mass is 10.0. The summed E-state index contributed by atoms with van der Waals surface area (Å²) < 4.78 is 0.986. The number of fused-ring (bicyclic) bond motifs is 1. The van der Waals surface area contributed by atoms with Gasteiger partial charge in [-0.1, -0.05) is 51.0 Å². The topological polar surface area (TPSA) is 12.9 Å². The fourth-order valence-corrected chi connectivity index (χ4v) is 3.06. The Bertz CT molecular complexity index is 640. The third-order valence-electron chi connectivity index (χ3n) is 3.79. The monoisotopic (exact) mass is 391 g/mol. The van der Waals surface area contributed by atoms with Gasteiger partial charge in [0.05, 0.1) is 11.1 Å². The van der Waals surface area contributed by atoms with E-state index < -0.39 is 0 Å². The first-order chi connectivity index (χ1) is 10.2. The van der Waals surface area contributed by atoms with E-state index in [2.05, 4.69) is 58.6 Å². The largest absolute Gasteiger partial charge is 0.241 e. The van der Waals surface area contributed by atoms with Gasteiger partial charge in [0, 0.05) is 5.39 Å². The van der Waals surface area contributed by atoms with Crippen molar-refractivity contribution in [1.29, 1.82) is 0 Å². The minimum Gasteiger partial charge on any atom is -0.241 e. The summed E-state index contributed by atoms with van der Waals surface area (Å²) in [5, 5.41) is 1.16. The van der Waals surface area contributed by atoms with Crippen molar-refractivity contribution in [2.75, 3.05) is 0 Å². The average Bonchev–Trinajstić information content (AvgIpc) is 2.50. The van der Waals surface area contributed by atoms with Crippen LogP contribution in [0.3, 0.4) is 0 Å². The quantitative estimate of drug-likeness (QED) is 0.255. The Balaban J connectivity index is 2.04. The van der Waals surface area contributed by atoms with Crippen LogP contribution in [-0.2, 0) is 6.42 Å². The van der Waals surface area contributed by atoms with Crippen LogP contribution in [0.1, 0.15) is 56.6 Å². The van der Waals surface area contributed by atoms with Crippen LogP contribution in [0, 0.1) is 16.0 Å². The summed E-state index contributed by atoms with van der Waals surface area (Å²) in [6.07, 6.45) is 14.7. The fraction of sp³-hybridized carbons (Fsp3) is 0.421. The van der Waals surface area contributed by atoms with E-state index in [-0.39, 0.29) is 0 Å². The molecule has 2 heteroatoms. The van der Waals surface area contributed by atoms with Crippen LogP contribution in [-0.4, -0.2) is 4.98 Å². The Labute approximate surface area is 141 Å². The molecular weight excluding hydrogens is 369 g/mol. The highest BCUT2D eigenvalue weighted by Gasteiger charge is 2.05. The highest BCUT2D eigenvalue weighted by atomic mass is 127. The van der Waals surface area contributed by atoms with E-state index >= 15 is 0 Å². The molecule has 0 spiro atoms. The molecule has 0 bridgehead atoms. The molecule has 1 heterocycles. The zero-order valence-electron chi connectivity index (χ0n) is 12.7. The van der Waals surface area contributed by atoms with Gasteiger partial charge in [-0.15, -0.1) is 6.42 Å². The van der Waals surface area contributed by atoms with Gasteiger partial charge in [-0.2, -0.15) is 0 Å². The maximum Gasteiger partial charge on any atom is 0.102 e. The molecule has 0 N–H and O–H groups in total. The Morgan fingerprint density at radius 2 is 1.86 bits per heavy atom. The average molecular weight is 391 g/mol. The zero-order valence-corrected chi connectivity index (χ0v) is 14.8. The predicted molar refractivity (Wildman–Crippen MR) is 99.5 cm³/mol. The summed E-state index contributed by atoms with van der Waals surface area (Å²) in [5.41, 5.74) is 3.22. The lowest BCUT2D eigenvalue weighted by Gasteiger charge is -2.07. The van der Waals surface area contributed by atoms with Gasteiger partial charge in [0.2, 0.25) is 0 Å². The molecule has 1 aromatic heterocycles. The molecular formula is C19H22IN. The van der Waals surface area contributed by atoms with Gasteiger partial charge in [0.15, 0.2) is 0 Å². The Morgan fingerprint density at radius 3 is 2.62 bits per heavy atom. The fourth-order valence-electron chi connectivity index (χ4n) is 2.64. The lowest BCUT2D eigenvalue weighted by Crippen LogP contribution is -1.92. The smallest absolute Gasteiger partial charge is 0.102 e. The van der Waals surface area contributed by atoms with E-state index in [4.69, 9.17) is 6.42 Å². The van der Waals surface area contributed by atoms with Gasteiger partial charge in [-0.25, -0.2) is 4.98 Å². The SMILES string of the molecule is C#Cc1cc(CCCCCCCC)cc2ccc(I)nc12. The van der Waals surface area contributed by atoms with Crippen molar-refractivity contribution < 1.29 is 0 Å². The van der Waals surface area contributed by atoms with Gasteiger partial charge in [-0.05, 0) is 59.2 Å². The molecule has 0 amide bonds. The van der Waals surface area contributed by atoms with E-state index in [0.717, 1.165) is 26.6 Å². The Hall–Kier alpha value is -1.08. The van der Waals surface area contributed by atoms with Crippen LogP contribution in [0.5, 0.6) is 0 Å². The van der Waals surface area contributed by atoms with Crippen LogP contribution in [0.15, 0.2) is 24.3 Å². The second-order valence-electron chi connectivity index (χ2n) is 5.51. The van der Waals surface area contributed by atoms with E-state index in [1.165, 1.54) is 44.1 Å². The number of benzene rings is 1. The summed E-state index contributed by atoms with van der Waals surface area (Å²) in [7, 11) is 0. The normalized spacial score (nSPS) is 10.7. The number of aryl methyl sites for hydroxylation is 1. The number of pyridine rings is 1. The summed E-state index contributed by atoms with van der Waals surface area (Å²) in [5.74, 6) is 2.79. The summed E-state index contributed by atoms with van der Waals surface area (Å²) in [6.45, 7) is 2.26. The third-order valence-corrected chi connectivity index (χ3v) is 4.39. The van der Waals surface area contributed by atoms with Crippen molar-refractivity contribution in [3.8, 4) is 12.3 Å². The molecule has 0 fully saturated rings. The van der Waals surface area contributed by atoms with Crippen molar-refractivity contribution in [3.63, 3.8) is 0 Å². The third kappa shape index (κ3) is 4.71. The van der Waals surface area contributed by atoms with Crippen molar-refractivity contribution >= 4 is 33.5 Å². The first-order valence-corrected chi connectivity index (χ1v) is 8.88. The molecule has 21 heavy (non-hydrogen) atoms. The van der Waals surface area contributed by atoms with E-state index in [1.54, 1.807) is 0 Å². The van der Waals surface area contributed by atoms with Crippen LogP contribution in [0.2, 0.25) is 0 Å². The van der Waals surface area contributed by atoms with Crippen molar-refractivity contribution in [2.45, 2.75) is 51.9 Å².